The average Bonchev–Trinajstić information content (AvgIpc) is 2.56. The van der Waals surface area contributed by atoms with Gasteiger partial charge in [-0.2, -0.15) is 0 Å². The van der Waals surface area contributed by atoms with Crippen LogP contribution in [-0.2, 0) is 4.79 Å². The number of nitrogens with one attached hydrogen (secondary N) is 1. The highest BCUT2D eigenvalue weighted by Crippen LogP contribution is 2.22. The molecule has 1 fully saturated rings. The van der Waals surface area contributed by atoms with Crippen LogP contribution < -0.4 is 5.32 Å². The second-order valence-corrected chi connectivity index (χ2v) is 6.85. The standard InChI is InChI=1S/C18H24ClFN2O2/c1-3-5-12(2)21-17(23)13-6-4-9-22(11-13)18(24)15-10-14(19)7-8-16(15)20/h7-8,10,12-13H,3-6,9,11H2,1-2H3,(H,21,23)/t12-,13-/m0/s1. The topological polar surface area (TPSA) is 49.4 Å². The van der Waals surface area contributed by atoms with Crippen molar-refractivity contribution in [2.45, 2.75) is 45.6 Å². The van der Waals surface area contributed by atoms with Crippen molar-refractivity contribution in [1.29, 1.82) is 0 Å². The number of hydrogen-bond acceptors (Lipinski definition) is 2. The number of carbonyl (C=O) groups excluding carboxylic acids is 2. The third kappa shape index (κ3) is 4.69. The molecule has 0 saturated carbocycles. The van der Waals surface area contributed by atoms with Gasteiger partial charge in [-0.25, -0.2) is 4.39 Å². The number of piperidine rings is 1. The highest BCUT2D eigenvalue weighted by atomic mass is 35.5. The molecule has 1 aliphatic rings. The van der Waals surface area contributed by atoms with Crippen molar-refractivity contribution >= 4 is 23.4 Å². The number of nitrogens with zero attached hydrogens (tertiary/aromatic N) is 1. The molecule has 4 nitrogen and oxygen atoms in total. The molecule has 1 aromatic rings. The zero-order chi connectivity index (χ0) is 17.7. The van der Waals surface area contributed by atoms with Gasteiger partial charge in [0.2, 0.25) is 5.91 Å². The number of hydrogen-bond donors (Lipinski definition) is 1. The third-order valence-corrected chi connectivity index (χ3v) is 4.58. The Morgan fingerprint density at radius 1 is 1.46 bits per heavy atom. The van der Waals surface area contributed by atoms with Gasteiger partial charge in [-0.3, -0.25) is 9.59 Å². The molecule has 2 amide bonds. The van der Waals surface area contributed by atoms with E-state index >= 15 is 0 Å². The van der Waals surface area contributed by atoms with Gasteiger partial charge in [0.1, 0.15) is 5.82 Å². The molecule has 1 aliphatic heterocycles. The molecule has 0 bridgehead atoms. The molecule has 1 N–H and O–H groups in total. The molecule has 1 saturated heterocycles. The predicted octanol–water partition coefficient (Wildman–Crippen LogP) is 3.64. The molecule has 0 aliphatic carbocycles. The fraction of sp³-hybridized carbons (Fsp3) is 0.556. The van der Waals surface area contributed by atoms with Gasteiger partial charge in [0, 0.05) is 24.2 Å². The number of benzene rings is 1. The lowest BCUT2D eigenvalue weighted by Crippen LogP contribution is -2.47. The van der Waals surface area contributed by atoms with Crippen molar-refractivity contribution in [3.05, 3.63) is 34.6 Å². The van der Waals surface area contributed by atoms with Crippen LogP contribution in [0.1, 0.15) is 49.9 Å². The van der Waals surface area contributed by atoms with E-state index in [1.807, 2.05) is 6.92 Å². The Morgan fingerprint density at radius 2 is 2.21 bits per heavy atom. The largest absolute Gasteiger partial charge is 0.353 e. The molecule has 2 atom stereocenters. The monoisotopic (exact) mass is 354 g/mol. The van der Waals surface area contributed by atoms with Crippen LogP contribution in [0.4, 0.5) is 4.39 Å². The van der Waals surface area contributed by atoms with Crippen molar-refractivity contribution in [2.75, 3.05) is 13.1 Å². The van der Waals surface area contributed by atoms with Crippen LogP contribution in [0.25, 0.3) is 0 Å². The predicted molar refractivity (Wildman–Crippen MR) is 92.6 cm³/mol. The summed E-state index contributed by atoms with van der Waals surface area (Å²) < 4.78 is 13.9. The lowest BCUT2D eigenvalue weighted by atomic mass is 9.96. The summed E-state index contributed by atoms with van der Waals surface area (Å²) in [6.45, 7) is 4.90. The zero-order valence-corrected chi connectivity index (χ0v) is 14.9. The van der Waals surface area contributed by atoms with E-state index in [0.29, 0.717) is 18.1 Å². The Labute approximate surface area is 147 Å². The molecule has 0 unspecified atom stereocenters. The van der Waals surface area contributed by atoms with Gasteiger partial charge < -0.3 is 10.2 Å². The SMILES string of the molecule is CCC[C@H](C)NC(=O)[C@H]1CCCN(C(=O)c2cc(Cl)ccc2F)C1. The first-order valence-electron chi connectivity index (χ1n) is 8.47. The van der Waals surface area contributed by atoms with Crippen molar-refractivity contribution in [1.82, 2.24) is 10.2 Å². The summed E-state index contributed by atoms with van der Waals surface area (Å²) in [4.78, 5) is 26.5. The Hall–Kier alpha value is -1.62. The summed E-state index contributed by atoms with van der Waals surface area (Å²) in [6.07, 6.45) is 3.40. The summed E-state index contributed by atoms with van der Waals surface area (Å²) in [5.41, 5.74) is -0.0390. The number of likely N-dealkylation sites (tertiary alicyclic amines) is 1. The molecule has 0 radical (unpaired) electrons. The second-order valence-electron chi connectivity index (χ2n) is 6.41. The number of carbonyl (C=O) groups is 2. The molecule has 2 rings (SSSR count). The zero-order valence-electron chi connectivity index (χ0n) is 14.1. The normalized spacial score (nSPS) is 19.0. The third-order valence-electron chi connectivity index (χ3n) is 4.35. The van der Waals surface area contributed by atoms with Crippen LogP contribution in [0, 0.1) is 11.7 Å². The highest BCUT2D eigenvalue weighted by molar-refractivity contribution is 6.31. The summed E-state index contributed by atoms with van der Waals surface area (Å²) >= 11 is 5.86. The molecule has 1 heterocycles. The van der Waals surface area contributed by atoms with Crippen molar-refractivity contribution in [2.24, 2.45) is 5.92 Å². The van der Waals surface area contributed by atoms with E-state index in [-0.39, 0.29) is 23.4 Å². The van der Waals surface area contributed by atoms with Gasteiger partial charge >= 0.3 is 0 Å². The van der Waals surface area contributed by atoms with Gasteiger partial charge in [-0.05, 0) is 44.4 Å². The molecule has 0 spiro atoms. The maximum absolute atomic E-state index is 13.9. The summed E-state index contributed by atoms with van der Waals surface area (Å²) in [5, 5.41) is 3.32. The Kier molecular flexibility index (Phi) is 6.60. The fourth-order valence-electron chi connectivity index (χ4n) is 3.07. The van der Waals surface area contributed by atoms with E-state index in [1.54, 1.807) is 4.90 Å². The Balaban J connectivity index is 2.03. The average molecular weight is 355 g/mol. The van der Waals surface area contributed by atoms with Crippen LogP contribution in [0.5, 0.6) is 0 Å². The molecule has 6 heteroatoms. The highest BCUT2D eigenvalue weighted by Gasteiger charge is 2.30. The Bertz CT molecular complexity index is 609. The van der Waals surface area contributed by atoms with E-state index in [1.165, 1.54) is 18.2 Å². The van der Waals surface area contributed by atoms with E-state index in [4.69, 9.17) is 11.6 Å². The first kappa shape index (κ1) is 18.7. The van der Waals surface area contributed by atoms with E-state index in [0.717, 1.165) is 25.7 Å². The van der Waals surface area contributed by atoms with Crippen molar-refractivity contribution < 1.29 is 14.0 Å². The van der Waals surface area contributed by atoms with Gasteiger partial charge in [0.05, 0.1) is 11.5 Å². The number of amides is 2. The first-order valence-corrected chi connectivity index (χ1v) is 8.84. The summed E-state index contributed by atoms with van der Waals surface area (Å²) in [5.74, 6) is -1.27. The maximum atomic E-state index is 13.9. The number of rotatable bonds is 5. The smallest absolute Gasteiger partial charge is 0.256 e. The maximum Gasteiger partial charge on any atom is 0.256 e. The second kappa shape index (κ2) is 8.47. The van der Waals surface area contributed by atoms with E-state index in [9.17, 15) is 14.0 Å². The van der Waals surface area contributed by atoms with Crippen LogP contribution >= 0.6 is 11.6 Å². The van der Waals surface area contributed by atoms with Crippen LogP contribution in [0.3, 0.4) is 0 Å². The van der Waals surface area contributed by atoms with Crippen molar-refractivity contribution in [3.63, 3.8) is 0 Å². The summed E-state index contributed by atoms with van der Waals surface area (Å²) in [7, 11) is 0. The quantitative estimate of drug-likeness (QED) is 0.877. The minimum atomic E-state index is -0.590. The van der Waals surface area contributed by atoms with Crippen LogP contribution in [0.2, 0.25) is 5.02 Å². The lowest BCUT2D eigenvalue weighted by molar-refractivity contribution is -0.127. The first-order chi connectivity index (χ1) is 11.4. The molecule has 0 aromatic heterocycles. The molecular formula is C18H24ClFN2O2. The molecule has 1 aromatic carbocycles. The number of halogens is 2. The lowest BCUT2D eigenvalue weighted by Gasteiger charge is -2.32. The van der Waals surface area contributed by atoms with Crippen LogP contribution in [0.15, 0.2) is 18.2 Å². The van der Waals surface area contributed by atoms with Crippen LogP contribution in [-0.4, -0.2) is 35.8 Å². The van der Waals surface area contributed by atoms with Gasteiger partial charge in [0.15, 0.2) is 0 Å². The molecule has 132 valence electrons. The van der Waals surface area contributed by atoms with Gasteiger partial charge in [-0.15, -0.1) is 0 Å². The van der Waals surface area contributed by atoms with E-state index in [2.05, 4.69) is 12.2 Å². The van der Waals surface area contributed by atoms with Crippen molar-refractivity contribution in [3.8, 4) is 0 Å². The Morgan fingerprint density at radius 3 is 2.92 bits per heavy atom. The molecule has 24 heavy (non-hydrogen) atoms. The van der Waals surface area contributed by atoms with Gasteiger partial charge in [-0.1, -0.05) is 24.9 Å². The fourth-order valence-corrected chi connectivity index (χ4v) is 3.25. The molecular weight excluding hydrogens is 331 g/mol. The minimum absolute atomic E-state index is 0.0278. The summed E-state index contributed by atoms with van der Waals surface area (Å²) in [6, 6.07) is 4.07. The van der Waals surface area contributed by atoms with E-state index < -0.39 is 11.7 Å². The minimum Gasteiger partial charge on any atom is -0.353 e. The van der Waals surface area contributed by atoms with Gasteiger partial charge in [0.25, 0.3) is 5.91 Å².